The van der Waals surface area contributed by atoms with Gasteiger partial charge in [-0.2, -0.15) is 5.10 Å². The Morgan fingerprint density at radius 3 is 2.44 bits per heavy atom. The minimum absolute atomic E-state index is 0.294. The van der Waals surface area contributed by atoms with Gasteiger partial charge in [-0.15, -0.1) is 0 Å². The minimum atomic E-state index is -0.613. The molecule has 0 aliphatic rings. The molecule has 2 aromatic carbocycles. The van der Waals surface area contributed by atoms with Crippen molar-refractivity contribution in [1.29, 1.82) is 0 Å². The lowest BCUT2D eigenvalue weighted by atomic mass is 10.1. The summed E-state index contributed by atoms with van der Waals surface area (Å²) >= 11 is 1.33. The second-order valence-electron chi connectivity index (χ2n) is 5.87. The molecule has 0 N–H and O–H groups in total. The average molecular weight is 386 g/mol. The summed E-state index contributed by atoms with van der Waals surface area (Å²) in [5, 5.41) is 5.35. The van der Waals surface area contributed by atoms with Crippen molar-refractivity contribution >= 4 is 22.8 Å². The summed E-state index contributed by atoms with van der Waals surface area (Å²) in [6.45, 7) is 1.82. The number of hydrogen-bond donors (Lipinski definition) is 0. The normalized spacial score (nSPS) is 12.4. The fraction of sp³-hybridized carbons (Fsp3) is 0.105. The van der Waals surface area contributed by atoms with Crippen LogP contribution in [-0.4, -0.2) is 19.7 Å². The van der Waals surface area contributed by atoms with E-state index < -0.39 is 11.6 Å². The lowest BCUT2D eigenvalue weighted by Gasteiger charge is -2.12. The molecule has 2 heterocycles. The van der Waals surface area contributed by atoms with Crippen LogP contribution < -0.4 is 0 Å². The molecule has 0 aliphatic heterocycles. The summed E-state index contributed by atoms with van der Waals surface area (Å²) < 4.78 is 41.9. The van der Waals surface area contributed by atoms with Crippen molar-refractivity contribution in [2.75, 3.05) is 0 Å². The van der Waals surface area contributed by atoms with Crippen LogP contribution in [0.2, 0.25) is 0 Å². The summed E-state index contributed by atoms with van der Waals surface area (Å²) in [4.78, 5) is 8.55. The van der Waals surface area contributed by atoms with Crippen LogP contribution in [0.4, 0.5) is 13.2 Å². The number of thioether (sulfide) groups is 1. The van der Waals surface area contributed by atoms with Gasteiger partial charge in [0.25, 0.3) is 0 Å². The Hall–Kier alpha value is -2.87. The first-order chi connectivity index (χ1) is 13.0. The molecular formula is C19H13F3N4S. The molecule has 136 valence electrons. The fourth-order valence-electron chi connectivity index (χ4n) is 2.75. The van der Waals surface area contributed by atoms with Gasteiger partial charge in [-0.3, -0.25) is 0 Å². The number of rotatable bonds is 4. The van der Waals surface area contributed by atoms with Crippen molar-refractivity contribution < 1.29 is 13.2 Å². The number of halogens is 3. The van der Waals surface area contributed by atoms with Crippen LogP contribution in [0, 0.1) is 17.5 Å². The van der Waals surface area contributed by atoms with Gasteiger partial charge in [-0.1, -0.05) is 17.8 Å². The standard InChI is InChI=1S/C19H13F3N4S/c1-11(15-7-4-13(21)8-17(15)22)27-19-16-9-25-26(18(16)23-10-24-19)14-5-2-12(20)3-6-14/h2-11H,1H3/t11-/m1/s1. The third-order valence-corrected chi connectivity index (χ3v) is 5.25. The summed E-state index contributed by atoms with van der Waals surface area (Å²) in [7, 11) is 0. The lowest BCUT2D eigenvalue weighted by molar-refractivity contribution is 0.573. The first-order valence-corrected chi connectivity index (χ1v) is 8.97. The van der Waals surface area contributed by atoms with Gasteiger partial charge in [0.2, 0.25) is 0 Å². The largest absolute Gasteiger partial charge is 0.229 e. The predicted molar refractivity (Wildman–Crippen MR) is 97.2 cm³/mol. The molecule has 1 atom stereocenters. The quantitative estimate of drug-likeness (QED) is 0.362. The third-order valence-electron chi connectivity index (χ3n) is 4.09. The summed E-state index contributed by atoms with van der Waals surface area (Å²) in [5.74, 6) is -1.54. The first kappa shape index (κ1) is 17.5. The summed E-state index contributed by atoms with van der Waals surface area (Å²) in [6.07, 6.45) is 3.02. The van der Waals surface area contributed by atoms with Crippen molar-refractivity contribution in [2.24, 2.45) is 0 Å². The summed E-state index contributed by atoms with van der Waals surface area (Å²) in [6, 6.07) is 9.44. The van der Waals surface area contributed by atoms with Crippen LogP contribution in [0.1, 0.15) is 17.7 Å². The molecule has 0 amide bonds. The van der Waals surface area contributed by atoms with Crippen molar-refractivity contribution in [1.82, 2.24) is 19.7 Å². The van der Waals surface area contributed by atoms with Crippen LogP contribution >= 0.6 is 11.8 Å². The Morgan fingerprint density at radius 2 is 1.70 bits per heavy atom. The van der Waals surface area contributed by atoms with Crippen molar-refractivity contribution in [2.45, 2.75) is 17.2 Å². The third kappa shape index (κ3) is 3.40. The molecule has 0 fully saturated rings. The molecule has 0 unspecified atom stereocenters. The van der Waals surface area contributed by atoms with Crippen LogP contribution in [0.25, 0.3) is 16.7 Å². The first-order valence-electron chi connectivity index (χ1n) is 8.09. The van der Waals surface area contributed by atoms with Crippen LogP contribution in [-0.2, 0) is 0 Å². The molecule has 8 heteroatoms. The SMILES string of the molecule is C[C@@H](Sc1ncnc2c1cnn2-c1ccc(F)cc1)c1ccc(F)cc1F. The van der Waals surface area contributed by atoms with E-state index >= 15 is 0 Å². The number of hydrogen-bond acceptors (Lipinski definition) is 4. The Morgan fingerprint density at radius 1 is 0.963 bits per heavy atom. The van der Waals surface area contributed by atoms with E-state index in [1.54, 1.807) is 23.0 Å². The molecule has 27 heavy (non-hydrogen) atoms. The Kier molecular flexibility index (Phi) is 4.57. The molecule has 2 aromatic heterocycles. The fourth-order valence-corrected chi connectivity index (χ4v) is 3.78. The molecule has 0 saturated heterocycles. The summed E-state index contributed by atoms with van der Waals surface area (Å²) in [5.41, 5.74) is 1.61. The maximum atomic E-state index is 14.0. The number of aromatic nitrogens is 4. The molecule has 4 rings (SSSR count). The van der Waals surface area contributed by atoms with Gasteiger partial charge in [0.15, 0.2) is 5.65 Å². The molecule has 4 aromatic rings. The van der Waals surface area contributed by atoms with Crippen LogP contribution in [0.5, 0.6) is 0 Å². The highest BCUT2D eigenvalue weighted by atomic mass is 32.2. The van der Waals surface area contributed by atoms with E-state index in [4.69, 9.17) is 0 Å². The van der Waals surface area contributed by atoms with E-state index in [0.717, 1.165) is 6.07 Å². The second-order valence-corrected chi connectivity index (χ2v) is 7.20. The molecule has 4 nitrogen and oxygen atoms in total. The molecular weight excluding hydrogens is 373 g/mol. The van der Waals surface area contributed by atoms with Gasteiger partial charge in [0.1, 0.15) is 28.8 Å². The monoisotopic (exact) mass is 386 g/mol. The zero-order chi connectivity index (χ0) is 19.0. The Bertz CT molecular complexity index is 1110. The Labute approximate surface area is 157 Å². The zero-order valence-corrected chi connectivity index (χ0v) is 14.9. The van der Waals surface area contributed by atoms with Crippen molar-refractivity contribution in [3.05, 3.63) is 78.0 Å². The van der Waals surface area contributed by atoms with Gasteiger partial charge in [0.05, 0.1) is 17.3 Å². The van der Waals surface area contributed by atoms with E-state index in [9.17, 15) is 13.2 Å². The van der Waals surface area contributed by atoms with Crippen molar-refractivity contribution in [3.8, 4) is 5.69 Å². The number of benzene rings is 2. The van der Waals surface area contributed by atoms with Crippen molar-refractivity contribution in [3.63, 3.8) is 0 Å². The van der Waals surface area contributed by atoms with E-state index in [1.165, 1.54) is 42.4 Å². The maximum absolute atomic E-state index is 14.0. The number of nitrogens with zero attached hydrogens (tertiary/aromatic N) is 4. The minimum Gasteiger partial charge on any atom is -0.229 e. The smallest absolute Gasteiger partial charge is 0.167 e. The van der Waals surface area contributed by atoms with Crippen LogP contribution in [0.3, 0.4) is 0 Å². The topological polar surface area (TPSA) is 43.6 Å². The molecule has 0 saturated carbocycles. The van der Waals surface area contributed by atoms with Crippen LogP contribution in [0.15, 0.2) is 60.0 Å². The number of fused-ring (bicyclic) bond motifs is 1. The van der Waals surface area contributed by atoms with E-state index in [2.05, 4.69) is 15.1 Å². The highest BCUT2D eigenvalue weighted by Gasteiger charge is 2.17. The second kappa shape index (κ2) is 7.03. The van der Waals surface area contributed by atoms with E-state index in [0.29, 0.717) is 27.3 Å². The molecule has 0 bridgehead atoms. The Balaban J connectivity index is 1.70. The van der Waals surface area contributed by atoms with Gasteiger partial charge in [0, 0.05) is 16.9 Å². The van der Waals surface area contributed by atoms with Gasteiger partial charge >= 0.3 is 0 Å². The highest BCUT2D eigenvalue weighted by molar-refractivity contribution is 7.99. The zero-order valence-electron chi connectivity index (χ0n) is 14.1. The predicted octanol–water partition coefficient (Wildman–Crippen LogP) is 5.09. The molecule has 0 spiro atoms. The van der Waals surface area contributed by atoms with Gasteiger partial charge in [-0.25, -0.2) is 27.8 Å². The molecule has 0 aliphatic carbocycles. The van der Waals surface area contributed by atoms with Gasteiger partial charge < -0.3 is 0 Å². The maximum Gasteiger partial charge on any atom is 0.167 e. The molecule has 0 radical (unpaired) electrons. The van der Waals surface area contributed by atoms with E-state index in [-0.39, 0.29) is 11.1 Å². The van der Waals surface area contributed by atoms with E-state index in [1.807, 2.05) is 6.92 Å². The lowest BCUT2D eigenvalue weighted by Crippen LogP contribution is -1.99. The van der Waals surface area contributed by atoms with Gasteiger partial charge in [-0.05, 0) is 37.3 Å². The highest BCUT2D eigenvalue weighted by Crippen LogP contribution is 2.38. The average Bonchev–Trinajstić information content (AvgIpc) is 3.07.